The van der Waals surface area contributed by atoms with Crippen molar-refractivity contribution in [3.05, 3.63) is 0 Å². The normalized spacial score (nSPS) is 14.3. The van der Waals surface area contributed by atoms with E-state index in [1.807, 2.05) is 19.0 Å². The summed E-state index contributed by atoms with van der Waals surface area (Å²) in [5, 5.41) is 9.18. The lowest BCUT2D eigenvalue weighted by Crippen LogP contribution is -2.25. The van der Waals surface area contributed by atoms with Gasteiger partial charge >= 0.3 is 0 Å². The van der Waals surface area contributed by atoms with Gasteiger partial charge in [0.15, 0.2) is 0 Å². The predicted molar refractivity (Wildman–Crippen MR) is 39.5 cm³/mol. The molecule has 0 rings (SSSR count). The lowest BCUT2D eigenvalue weighted by Gasteiger charge is -2.14. The van der Waals surface area contributed by atoms with Crippen LogP contribution in [-0.2, 0) is 0 Å². The van der Waals surface area contributed by atoms with Crippen LogP contribution in [0.15, 0.2) is 0 Å². The summed E-state index contributed by atoms with van der Waals surface area (Å²) in [5.41, 5.74) is 0. The zero-order chi connectivity index (χ0) is 7.28. The van der Waals surface area contributed by atoms with Gasteiger partial charge in [-0.05, 0) is 20.5 Å². The Morgan fingerprint density at radius 3 is 2.33 bits per heavy atom. The van der Waals surface area contributed by atoms with Gasteiger partial charge in [-0.25, -0.2) is 0 Å². The zero-order valence-electron chi connectivity index (χ0n) is 6.59. The van der Waals surface area contributed by atoms with Gasteiger partial charge in [0, 0.05) is 6.54 Å². The molecular formula is C7H17NO. The van der Waals surface area contributed by atoms with Gasteiger partial charge in [0.05, 0.1) is 6.10 Å². The second kappa shape index (κ2) is 4.77. The minimum absolute atomic E-state index is 0.134. The maximum atomic E-state index is 9.18. The summed E-state index contributed by atoms with van der Waals surface area (Å²) in [6, 6.07) is 0. The Kier molecular flexibility index (Phi) is 4.72. The maximum Gasteiger partial charge on any atom is 0.0666 e. The van der Waals surface area contributed by atoms with E-state index in [-0.39, 0.29) is 6.10 Å². The summed E-state index contributed by atoms with van der Waals surface area (Å²) in [6.07, 6.45) is 1.85. The predicted octanol–water partition coefficient (Wildman–Crippen LogP) is 0.709. The molecule has 0 aromatic heterocycles. The number of nitrogens with zero attached hydrogens (tertiary/aromatic N) is 1. The van der Waals surface area contributed by atoms with Crippen molar-refractivity contribution in [3.63, 3.8) is 0 Å². The summed E-state index contributed by atoms with van der Waals surface area (Å²) in [5.74, 6) is 0. The first-order valence-corrected chi connectivity index (χ1v) is 3.49. The Balaban J connectivity index is 3.15. The second-order valence-corrected chi connectivity index (χ2v) is 2.70. The Morgan fingerprint density at radius 1 is 1.44 bits per heavy atom. The fraction of sp³-hybridized carbons (Fsp3) is 1.00. The number of aliphatic hydroxyl groups excluding tert-OH is 1. The van der Waals surface area contributed by atoms with Crippen molar-refractivity contribution in [3.8, 4) is 0 Å². The van der Waals surface area contributed by atoms with Crippen LogP contribution in [0.25, 0.3) is 0 Å². The Labute approximate surface area is 57.5 Å². The van der Waals surface area contributed by atoms with Crippen LogP contribution in [0.4, 0.5) is 0 Å². The molecule has 0 saturated carbocycles. The van der Waals surface area contributed by atoms with Gasteiger partial charge in [-0.2, -0.15) is 0 Å². The topological polar surface area (TPSA) is 23.5 Å². The van der Waals surface area contributed by atoms with Crippen LogP contribution >= 0.6 is 0 Å². The molecule has 0 bridgehead atoms. The van der Waals surface area contributed by atoms with Crippen molar-refractivity contribution in [1.29, 1.82) is 0 Å². The highest BCUT2D eigenvalue weighted by Crippen LogP contribution is 1.95. The van der Waals surface area contributed by atoms with Crippen LogP contribution in [0.1, 0.15) is 19.8 Å². The maximum absolute atomic E-state index is 9.18. The molecule has 0 heterocycles. The fourth-order valence-electron chi connectivity index (χ4n) is 0.846. The molecule has 0 aliphatic rings. The van der Waals surface area contributed by atoms with Crippen molar-refractivity contribution in [1.82, 2.24) is 4.90 Å². The summed E-state index contributed by atoms with van der Waals surface area (Å²) in [7, 11) is 3.94. The first-order valence-electron chi connectivity index (χ1n) is 3.49. The highest BCUT2D eigenvalue weighted by atomic mass is 16.3. The Bertz CT molecular complexity index is 63.9. The molecule has 2 heteroatoms. The molecule has 0 aliphatic heterocycles. The van der Waals surface area contributed by atoms with E-state index in [0.717, 1.165) is 19.4 Å². The third-order valence-electron chi connectivity index (χ3n) is 1.20. The minimum atomic E-state index is -0.134. The molecule has 0 unspecified atom stereocenters. The Morgan fingerprint density at radius 2 is 2.00 bits per heavy atom. The molecular weight excluding hydrogens is 114 g/mol. The molecule has 1 atom stereocenters. The fourth-order valence-corrected chi connectivity index (χ4v) is 0.846. The van der Waals surface area contributed by atoms with Crippen molar-refractivity contribution < 1.29 is 5.11 Å². The number of likely N-dealkylation sites (N-methyl/N-ethyl adjacent to an activating group) is 1. The van der Waals surface area contributed by atoms with E-state index in [4.69, 9.17) is 0 Å². The van der Waals surface area contributed by atoms with Crippen LogP contribution in [0.2, 0.25) is 0 Å². The van der Waals surface area contributed by atoms with Gasteiger partial charge in [0.2, 0.25) is 0 Å². The average Bonchev–Trinajstić information content (AvgIpc) is 1.63. The molecule has 2 nitrogen and oxygen atoms in total. The molecule has 0 amide bonds. The summed E-state index contributed by atoms with van der Waals surface area (Å²) >= 11 is 0. The molecule has 56 valence electrons. The molecule has 0 spiro atoms. The molecule has 0 saturated heterocycles. The monoisotopic (exact) mass is 131 g/mol. The van der Waals surface area contributed by atoms with E-state index in [9.17, 15) is 5.11 Å². The average molecular weight is 131 g/mol. The van der Waals surface area contributed by atoms with Gasteiger partial charge in [0.25, 0.3) is 0 Å². The SMILES string of the molecule is CCC[C@@H](O)CN(C)C. The highest BCUT2D eigenvalue weighted by Gasteiger charge is 2.01. The van der Waals surface area contributed by atoms with E-state index in [0.29, 0.717) is 0 Å². The van der Waals surface area contributed by atoms with E-state index < -0.39 is 0 Å². The van der Waals surface area contributed by atoms with Crippen molar-refractivity contribution in [2.45, 2.75) is 25.9 Å². The molecule has 0 radical (unpaired) electrons. The Hall–Kier alpha value is -0.0800. The van der Waals surface area contributed by atoms with E-state index in [2.05, 4.69) is 6.92 Å². The van der Waals surface area contributed by atoms with Gasteiger partial charge in [0.1, 0.15) is 0 Å². The van der Waals surface area contributed by atoms with E-state index >= 15 is 0 Å². The molecule has 9 heavy (non-hydrogen) atoms. The first kappa shape index (κ1) is 8.92. The van der Waals surface area contributed by atoms with Crippen LogP contribution in [0, 0.1) is 0 Å². The number of hydrogen-bond acceptors (Lipinski definition) is 2. The van der Waals surface area contributed by atoms with E-state index in [1.165, 1.54) is 0 Å². The molecule has 0 aliphatic carbocycles. The largest absolute Gasteiger partial charge is 0.392 e. The number of hydrogen-bond donors (Lipinski definition) is 1. The lowest BCUT2D eigenvalue weighted by atomic mass is 10.2. The van der Waals surface area contributed by atoms with Gasteiger partial charge in [-0.3, -0.25) is 0 Å². The smallest absolute Gasteiger partial charge is 0.0666 e. The van der Waals surface area contributed by atoms with Gasteiger partial charge in [-0.15, -0.1) is 0 Å². The highest BCUT2D eigenvalue weighted by molar-refractivity contribution is 4.56. The van der Waals surface area contributed by atoms with Crippen LogP contribution in [0.5, 0.6) is 0 Å². The van der Waals surface area contributed by atoms with Gasteiger partial charge < -0.3 is 10.0 Å². The lowest BCUT2D eigenvalue weighted by molar-refractivity contribution is 0.127. The zero-order valence-corrected chi connectivity index (χ0v) is 6.59. The van der Waals surface area contributed by atoms with Crippen molar-refractivity contribution in [2.24, 2.45) is 0 Å². The van der Waals surface area contributed by atoms with E-state index in [1.54, 1.807) is 0 Å². The molecule has 0 aromatic rings. The number of aliphatic hydroxyl groups is 1. The summed E-state index contributed by atoms with van der Waals surface area (Å²) < 4.78 is 0. The first-order chi connectivity index (χ1) is 4.16. The minimum Gasteiger partial charge on any atom is -0.392 e. The molecule has 0 aromatic carbocycles. The third kappa shape index (κ3) is 5.80. The van der Waals surface area contributed by atoms with Crippen LogP contribution in [-0.4, -0.2) is 36.8 Å². The third-order valence-corrected chi connectivity index (χ3v) is 1.20. The van der Waals surface area contributed by atoms with Crippen LogP contribution < -0.4 is 0 Å². The summed E-state index contributed by atoms with van der Waals surface area (Å²) in [6.45, 7) is 2.87. The van der Waals surface area contributed by atoms with Crippen molar-refractivity contribution >= 4 is 0 Å². The van der Waals surface area contributed by atoms with Gasteiger partial charge in [-0.1, -0.05) is 13.3 Å². The number of rotatable bonds is 4. The van der Waals surface area contributed by atoms with Crippen LogP contribution in [0.3, 0.4) is 0 Å². The standard InChI is InChI=1S/C7H17NO/c1-4-5-7(9)6-8(2)3/h7,9H,4-6H2,1-3H3/t7-/m1/s1. The second-order valence-electron chi connectivity index (χ2n) is 2.70. The quantitative estimate of drug-likeness (QED) is 0.607. The molecule has 0 fully saturated rings. The molecule has 1 N–H and O–H groups in total. The van der Waals surface area contributed by atoms with Crippen molar-refractivity contribution in [2.75, 3.05) is 20.6 Å². The summed E-state index contributed by atoms with van der Waals surface area (Å²) in [4.78, 5) is 2.00.